The van der Waals surface area contributed by atoms with Gasteiger partial charge in [-0.1, -0.05) is 202 Å². The molecule has 0 amide bonds. The molecule has 60 heavy (non-hydrogen) atoms. The standard InChI is InChI=1S/C55H94O5/c1-4-7-10-13-16-19-22-24-26-27-28-30-32-35-38-41-44-47-50-58-51-53(60-55(57)49-46-43-40-37-33-21-18-15-12-9-6-3)52-59-54(56)48-45-42-39-36-34-31-29-25-23-20-17-14-11-8-5-2/h7,10,16-17,19-20,24-26,28-30,35,38,53H,4-6,8-9,11-15,18,21-23,27,31-34,36-37,39-52H2,1-3H3/b10-7-,19-16-,20-17-,26-24-,29-25-,30-28-,38-35-. The molecule has 0 aliphatic rings. The second-order valence-corrected chi connectivity index (χ2v) is 16.3. The van der Waals surface area contributed by atoms with Crippen LogP contribution < -0.4 is 0 Å². The van der Waals surface area contributed by atoms with Crippen LogP contribution in [0.3, 0.4) is 0 Å². The Balaban J connectivity index is 4.36. The van der Waals surface area contributed by atoms with Crippen LogP contribution in [0.1, 0.15) is 226 Å². The Morgan fingerprint density at radius 3 is 1.23 bits per heavy atom. The van der Waals surface area contributed by atoms with E-state index in [4.69, 9.17) is 14.2 Å². The Labute approximate surface area is 371 Å². The van der Waals surface area contributed by atoms with Crippen molar-refractivity contribution >= 4 is 11.9 Å². The maximum absolute atomic E-state index is 12.8. The molecule has 0 aliphatic carbocycles. The Kier molecular flexibility index (Phi) is 48.0. The van der Waals surface area contributed by atoms with E-state index in [0.29, 0.717) is 19.4 Å². The molecule has 0 aliphatic heterocycles. The predicted molar refractivity (Wildman–Crippen MR) is 260 cm³/mol. The predicted octanol–water partition coefficient (Wildman–Crippen LogP) is 16.9. The maximum Gasteiger partial charge on any atom is 0.306 e. The molecule has 5 nitrogen and oxygen atoms in total. The number of unbranched alkanes of at least 4 members (excludes halogenated alkanes) is 20. The number of hydrogen-bond donors (Lipinski definition) is 0. The van der Waals surface area contributed by atoms with Crippen LogP contribution in [0.4, 0.5) is 0 Å². The second-order valence-electron chi connectivity index (χ2n) is 16.3. The van der Waals surface area contributed by atoms with Crippen molar-refractivity contribution in [3.05, 3.63) is 85.1 Å². The Bertz CT molecular complexity index is 1130. The van der Waals surface area contributed by atoms with Crippen LogP contribution in [-0.4, -0.2) is 37.9 Å². The normalized spacial score (nSPS) is 12.9. The van der Waals surface area contributed by atoms with Gasteiger partial charge in [0.25, 0.3) is 0 Å². The molecule has 0 bridgehead atoms. The van der Waals surface area contributed by atoms with E-state index in [0.717, 1.165) is 96.3 Å². The summed E-state index contributed by atoms with van der Waals surface area (Å²) in [6, 6.07) is 0. The van der Waals surface area contributed by atoms with Gasteiger partial charge in [-0.3, -0.25) is 9.59 Å². The minimum absolute atomic E-state index is 0.0587. The highest BCUT2D eigenvalue weighted by atomic mass is 16.6. The van der Waals surface area contributed by atoms with E-state index in [1.165, 1.54) is 96.3 Å². The van der Waals surface area contributed by atoms with Crippen molar-refractivity contribution in [2.24, 2.45) is 0 Å². The number of esters is 2. The Hall–Kier alpha value is -2.92. The minimum atomic E-state index is -0.565. The van der Waals surface area contributed by atoms with Gasteiger partial charge in [-0.25, -0.2) is 0 Å². The van der Waals surface area contributed by atoms with Crippen LogP contribution in [0, 0.1) is 0 Å². The molecule has 0 spiro atoms. The van der Waals surface area contributed by atoms with Crippen LogP contribution >= 0.6 is 0 Å². The molecule has 5 heteroatoms. The highest BCUT2D eigenvalue weighted by molar-refractivity contribution is 5.70. The van der Waals surface area contributed by atoms with Gasteiger partial charge in [0.05, 0.1) is 6.61 Å². The highest BCUT2D eigenvalue weighted by Gasteiger charge is 2.17. The zero-order valence-corrected chi connectivity index (χ0v) is 39.5. The molecule has 0 aromatic carbocycles. The summed E-state index contributed by atoms with van der Waals surface area (Å²) in [7, 11) is 0. The summed E-state index contributed by atoms with van der Waals surface area (Å²) in [6.45, 7) is 7.57. The van der Waals surface area contributed by atoms with Gasteiger partial charge in [-0.05, 0) is 96.3 Å². The third kappa shape index (κ3) is 47.8. The molecule has 0 fully saturated rings. The van der Waals surface area contributed by atoms with E-state index in [-0.39, 0.29) is 25.2 Å². The maximum atomic E-state index is 12.8. The lowest BCUT2D eigenvalue weighted by Crippen LogP contribution is -2.30. The van der Waals surface area contributed by atoms with Gasteiger partial charge in [-0.15, -0.1) is 0 Å². The minimum Gasteiger partial charge on any atom is -0.462 e. The molecule has 0 aromatic rings. The van der Waals surface area contributed by atoms with E-state index in [1.807, 2.05) is 0 Å². The fourth-order valence-electron chi connectivity index (χ4n) is 6.68. The number of hydrogen-bond acceptors (Lipinski definition) is 5. The molecule has 344 valence electrons. The first kappa shape index (κ1) is 57.1. The van der Waals surface area contributed by atoms with E-state index >= 15 is 0 Å². The van der Waals surface area contributed by atoms with Gasteiger partial charge < -0.3 is 14.2 Å². The first-order valence-corrected chi connectivity index (χ1v) is 25.1. The zero-order chi connectivity index (χ0) is 43.5. The molecular formula is C55H94O5. The van der Waals surface area contributed by atoms with Gasteiger partial charge >= 0.3 is 11.9 Å². The third-order valence-electron chi connectivity index (χ3n) is 10.4. The molecule has 0 saturated heterocycles. The van der Waals surface area contributed by atoms with E-state index in [1.54, 1.807) is 0 Å². The summed E-state index contributed by atoms with van der Waals surface area (Å²) in [4.78, 5) is 25.3. The number of carbonyl (C=O) groups excluding carboxylic acids is 2. The molecular weight excluding hydrogens is 741 g/mol. The topological polar surface area (TPSA) is 61.8 Å². The summed E-state index contributed by atoms with van der Waals surface area (Å²) in [5.41, 5.74) is 0. The summed E-state index contributed by atoms with van der Waals surface area (Å²) >= 11 is 0. The molecule has 0 N–H and O–H groups in total. The molecule has 1 atom stereocenters. The average molecular weight is 835 g/mol. The van der Waals surface area contributed by atoms with Gasteiger partial charge in [0.1, 0.15) is 6.61 Å². The monoisotopic (exact) mass is 835 g/mol. The van der Waals surface area contributed by atoms with Crippen molar-refractivity contribution < 1.29 is 23.8 Å². The number of carbonyl (C=O) groups is 2. The van der Waals surface area contributed by atoms with Crippen molar-refractivity contribution in [1.29, 1.82) is 0 Å². The van der Waals surface area contributed by atoms with Crippen LogP contribution in [-0.2, 0) is 23.8 Å². The van der Waals surface area contributed by atoms with Gasteiger partial charge in [0.15, 0.2) is 6.10 Å². The third-order valence-corrected chi connectivity index (χ3v) is 10.4. The molecule has 0 rings (SSSR count). The highest BCUT2D eigenvalue weighted by Crippen LogP contribution is 2.14. The Morgan fingerprint density at radius 1 is 0.383 bits per heavy atom. The summed E-state index contributed by atoms with van der Waals surface area (Å²) in [6.07, 6.45) is 65.9. The van der Waals surface area contributed by atoms with E-state index < -0.39 is 6.10 Å². The van der Waals surface area contributed by atoms with Crippen molar-refractivity contribution in [2.45, 2.75) is 232 Å². The van der Waals surface area contributed by atoms with Crippen LogP contribution in [0.25, 0.3) is 0 Å². The summed E-state index contributed by atoms with van der Waals surface area (Å²) < 4.78 is 17.3. The molecule has 1 unspecified atom stereocenters. The lowest BCUT2D eigenvalue weighted by molar-refractivity contribution is -0.163. The lowest BCUT2D eigenvalue weighted by atomic mass is 10.1. The molecule has 0 saturated carbocycles. The smallest absolute Gasteiger partial charge is 0.306 e. The number of rotatable bonds is 45. The largest absolute Gasteiger partial charge is 0.462 e. The average Bonchev–Trinajstić information content (AvgIpc) is 3.25. The van der Waals surface area contributed by atoms with Crippen LogP contribution in [0.15, 0.2) is 85.1 Å². The van der Waals surface area contributed by atoms with Crippen molar-refractivity contribution in [3.63, 3.8) is 0 Å². The number of ether oxygens (including phenoxy) is 3. The Morgan fingerprint density at radius 2 is 0.750 bits per heavy atom. The van der Waals surface area contributed by atoms with E-state index in [9.17, 15) is 9.59 Å². The molecule has 0 aromatic heterocycles. The first-order valence-electron chi connectivity index (χ1n) is 25.1. The van der Waals surface area contributed by atoms with Crippen LogP contribution in [0.2, 0.25) is 0 Å². The quantitative estimate of drug-likeness (QED) is 0.0347. The SMILES string of the molecule is CC/C=C\C/C=C\C/C=C\C/C=C\C/C=C\CCCCOCC(COC(=O)CCCCCCC/C=C\C/C=C\CCCCC)OC(=O)CCCCCCCCCCCCC. The molecule has 0 radical (unpaired) electrons. The van der Waals surface area contributed by atoms with Crippen LogP contribution in [0.5, 0.6) is 0 Å². The second kappa shape index (κ2) is 50.4. The van der Waals surface area contributed by atoms with Gasteiger partial charge in [0.2, 0.25) is 0 Å². The zero-order valence-electron chi connectivity index (χ0n) is 39.5. The van der Waals surface area contributed by atoms with Crippen molar-refractivity contribution in [3.8, 4) is 0 Å². The van der Waals surface area contributed by atoms with E-state index in [2.05, 4.69) is 106 Å². The lowest BCUT2D eigenvalue weighted by Gasteiger charge is -2.18. The van der Waals surface area contributed by atoms with Gasteiger partial charge in [0, 0.05) is 19.4 Å². The van der Waals surface area contributed by atoms with Crippen molar-refractivity contribution in [2.75, 3.05) is 19.8 Å². The van der Waals surface area contributed by atoms with Crippen molar-refractivity contribution in [1.82, 2.24) is 0 Å². The number of allylic oxidation sites excluding steroid dienone is 14. The van der Waals surface area contributed by atoms with Gasteiger partial charge in [-0.2, -0.15) is 0 Å². The molecule has 0 heterocycles. The fourth-order valence-corrected chi connectivity index (χ4v) is 6.68. The summed E-state index contributed by atoms with van der Waals surface area (Å²) in [5.74, 6) is -0.438. The first-order chi connectivity index (χ1) is 29.6. The summed E-state index contributed by atoms with van der Waals surface area (Å²) in [5, 5.41) is 0. The fraction of sp³-hybridized carbons (Fsp3) is 0.709.